The molecular formula is C6H10O6. The molecule has 0 aromatic heterocycles. The van der Waals surface area contributed by atoms with E-state index in [-0.39, 0.29) is 0 Å². The maximum atomic E-state index is 10.5. The Hall–Kier alpha value is -0.980. The summed E-state index contributed by atoms with van der Waals surface area (Å²) in [6.07, 6.45) is -5.21. The highest BCUT2D eigenvalue weighted by atomic mass is 16.4. The maximum Gasteiger partial charge on any atom is 0.375 e. The Balaban J connectivity index is 4.29. The summed E-state index contributed by atoms with van der Waals surface area (Å²) >= 11 is 0. The van der Waals surface area contributed by atoms with E-state index in [1.54, 1.807) is 0 Å². The van der Waals surface area contributed by atoms with Crippen LogP contribution in [0.25, 0.3) is 0 Å². The molecule has 0 radical (unpaired) electrons. The Morgan fingerprint density at radius 2 is 1.58 bits per heavy atom. The zero-order valence-corrected chi connectivity index (χ0v) is 6.34. The number of aliphatic carboxylic acids is 1. The molecule has 4 N–H and O–H groups in total. The lowest BCUT2D eigenvalue weighted by Crippen LogP contribution is -2.43. The van der Waals surface area contributed by atoms with E-state index in [0.717, 1.165) is 6.92 Å². The fourth-order valence-electron chi connectivity index (χ4n) is 0.545. The molecule has 0 amide bonds. The largest absolute Gasteiger partial charge is 0.475 e. The van der Waals surface area contributed by atoms with Gasteiger partial charge in [-0.3, -0.25) is 4.79 Å². The van der Waals surface area contributed by atoms with Crippen molar-refractivity contribution >= 4 is 11.8 Å². The summed E-state index contributed by atoms with van der Waals surface area (Å²) in [5.74, 6) is -3.38. The smallest absolute Gasteiger partial charge is 0.375 e. The molecule has 0 bridgehead atoms. The molecule has 0 heterocycles. The van der Waals surface area contributed by atoms with Crippen LogP contribution in [-0.4, -0.2) is 50.5 Å². The summed E-state index contributed by atoms with van der Waals surface area (Å²) in [6, 6.07) is 0. The second-order valence-corrected chi connectivity index (χ2v) is 2.35. The van der Waals surface area contributed by atoms with Crippen LogP contribution in [0.4, 0.5) is 0 Å². The van der Waals surface area contributed by atoms with Gasteiger partial charge in [0, 0.05) is 0 Å². The first-order chi connectivity index (χ1) is 5.37. The molecule has 0 rings (SSSR count). The van der Waals surface area contributed by atoms with E-state index in [9.17, 15) is 9.59 Å². The average Bonchev–Trinajstić information content (AvgIpc) is 2.00. The number of hydrogen-bond donors (Lipinski definition) is 4. The average molecular weight is 178 g/mol. The van der Waals surface area contributed by atoms with Crippen molar-refractivity contribution in [3.63, 3.8) is 0 Å². The maximum absolute atomic E-state index is 10.5. The van der Waals surface area contributed by atoms with E-state index in [1.807, 2.05) is 0 Å². The molecule has 70 valence electrons. The number of carboxylic acids is 1. The van der Waals surface area contributed by atoms with Gasteiger partial charge in [-0.05, 0) is 6.92 Å². The lowest BCUT2D eigenvalue weighted by molar-refractivity contribution is -0.158. The molecule has 0 aromatic rings. The number of aliphatic hydroxyl groups is 3. The second kappa shape index (κ2) is 4.15. The van der Waals surface area contributed by atoms with Crippen molar-refractivity contribution in [3.05, 3.63) is 0 Å². The van der Waals surface area contributed by atoms with E-state index < -0.39 is 30.1 Å². The number of hydrogen-bond acceptors (Lipinski definition) is 5. The van der Waals surface area contributed by atoms with Gasteiger partial charge in [0.2, 0.25) is 0 Å². The van der Waals surface area contributed by atoms with Gasteiger partial charge in [0.05, 0.1) is 6.10 Å². The Labute approximate surface area is 68.1 Å². The van der Waals surface area contributed by atoms with Crippen molar-refractivity contribution in [2.75, 3.05) is 0 Å². The molecule has 0 spiro atoms. The third kappa shape index (κ3) is 2.57. The predicted octanol–water partition coefficient (Wildman–Crippen LogP) is -2.26. The van der Waals surface area contributed by atoms with Gasteiger partial charge in [-0.25, -0.2) is 4.79 Å². The molecule has 3 atom stereocenters. The first kappa shape index (κ1) is 11.0. The second-order valence-electron chi connectivity index (χ2n) is 2.35. The quantitative estimate of drug-likeness (QED) is 0.361. The molecule has 0 aromatic carbocycles. The highest BCUT2D eigenvalue weighted by Gasteiger charge is 2.31. The highest BCUT2D eigenvalue weighted by molar-refractivity contribution is 6.34. The lowest BCUT2D eigenvalue weighted by Gasteiger charge is -2.16. The third-order valence-corrected chi connectivity index (χ3v) is 1.30. The van der Waals surface area contributed by atoms with E-state index >= 15 is 0 Å². The summed E-state index contributed by atoms with van der Waals surface area (Å²) in [5.41, 5.74) is 0. The molecule has 0 saturated heterocycles. The zero-order chi connectivity index (χ0) is 9.89. The number of carboxylic acid groups (broad SMARTS) is 1. The van der Waals surface area contributed by atoms with Crippen LogP contribution in [0.3, 0.4) is 0 Å². The Morgan fingerprint density at radius 1 is 1.17 bits per heavy atom. The molecule has 6 nitrogen and oxygen atoms in total. The van der Waals surface area contributed by atoms with Crippen LogP contribution in [0.15, 0.2) is 0 Å². The standard InChI is InChI=1S/C6H10O6/c1-2(7)3(8)4(9)5(10)6(11)12/h2-4,7-9H,1H3,(H,11,12)/t2-,3-,4+/m1/s1. The number of aliphatic hydroxyl groups excluding tert-OH is 3. The molecule has 0 aliphatic rings. The minimum absolute atomic E-state index is 1.13. The summed E-state index contributed by atoms with van der Waals surface area (Å²) < 4.78 is 0. The summed E-state index contributed by atoms with van der Waals surface area (Å²) in [7, 11) is 0. The van der Waals surface area contributed by atoms with Crippen LogP contribution >= 0.6 is 0 Å². The van der Waals surface area contributed by atoms with Gasteiger partial charge >= 0.3 is 5.97 Å². The fourth-order valence-corrected chi connectivity index (χ4v) is 0.545. The van der Waals surface area contributed by atoms with Crippen molar-refractivity contribution in [1.29, 1.82) is 0 Å². The van der Waals surface area contributed by atoms with Crippen molar-refractivity contribution in [1.82, 2.24) is 0 Å². The number of carbonyl (C=O) groups excluding carboxylic acids is 1. The molecule has 0 fully saturated rings. The van der Waals surface area contributed by atoms with Gasteiger partial charge in [-0.1, -0.05) is 0 Å². The van der Waals surface area contributed by atoms with Gasteiger partial charge in [0.25, 0.3) is 5.78 Å². The highest BCUT2D eigenvalue weighted by Crippen LogP contribution is 2.00. The Kier molecular flexibility index (Phi) is 3.81. The van der Waals surface area contributed by atoms with E-state index in [2.05, 4.69) is 0 Å². The lowest BCUT2D eigenvalue weighted by atomic mass is 10.1. The normalized spacial score (nSPS) is 18.0. The van der Waals surface area contributed by atoms with Crippen molar-refractivity contribution in [2.24, 2.45) is 0 Å². The van der Waals surface area contributed by atoms with Gasteiger partial charge in [0.1, 0.15) is 6.10 Å². The molecule has 0 saturated carbocycles. The first-order valence-corrected chi connectivity index (χ1v) is 3.19. The van der Waals surface area contributed by atoms with Gasteiger partial charge in [-0.2, -0.15) is 0 Å². The van der Waals surface area contributed by atoms with Crippen molar-refractivity contribution in [2.45, 2.75) is 25.2 Å². The monoisotopic (exact) mass is 178 g/mol. The van der Waals surface area contributed by atoms with Crippen molar-refractivity contribution < 1.29 is 30.0 Å². The van der Waals surface area contributed by atoms with Gasteiger partial charge < -0.3 is 20.4 Å². The Bertz CT molecular complexity index is 186. The molecule has 12 heavy (non-hydrogen) atoms. The minimum atomic E-state index is -2.08. The molecule has 0 aliphatic carbocycles. The number of carbonyl (C=O) groups is 2. The third-order valence-electron chi connectivity index (χ3n) is 1.30. The van der Waals surface area contributed by atoms with Crippen molar-refractivity contribution in [3.8, 4) is 0 Å². The van der Waals surface area contributed by atoms with Gasteiger partial charge in [0.15, 0.2) is 6.10 Å². The number of rotatable bonds is 4. The van der Waals surface area contributed by atoms with Crippen LogP contribution < -0.4 is 0 Å². The minimum Gasteiger partial charge on any atom is -0.475 e. The molecule has 0 unspecified atom stereocenters. The van der Waals surface area contributed by atoms with Crippen LogP contribution in [0.2, 0.25) is 0 Å². The summed E-state index contributed by atoms with van der Waals surface area (Å²) in [5, 5.41) is 34.4. The summed E-state index contributed by atoms with van der Waals surface area (Å²) in [4.78, 5) is 20.4. The van der Waals surface area contributed by atoms with Crippen LogP contribution in [0, 0.1) is 0 Å². The van der Waals surface area contributed by atoms with Crippen LogP contribution in [-0.2, 0) is 9.59 Å². The Morgan fingerprint density at radius 3 is 1.83 bits per heavy atom. The zero-order valence-electron chi connectivity index (χ0n) is 6.34. The fraction of sp³-hybridized carbons (Fsp3) is 0.667. The molecule has 6 heteroatoms. The first-order valence-electron chi connectivity index (χ1n) is 3.19. The summed E-state index contributed by atoms with van der Waals surface area (Å²) in [6.45, 7) is 1.13. The van der Waals surface area contributed by atoms with E-state index in [0.29, 0.717) is 0 Å². The van der Waals surface area contributed by atoms with Crippen LogP contribution in [0.5, 0.6) is 0 Å². The molecule has 0 aliphatic heterocycles. The van der Waals surface area contributed by atoms with E-state index in [4.69, 9.17) is 20.4 Å². The topological polar surface area (TPSA) is 115 Å². The van der Waals surface area contributed by atoms with E-state index in [1.165, 1.54) is 0 Å². The number of Topliss-reactive ketones (excluding diaryl/α,β-unsaturated/α-hetero) is 1. The molecular weight excluding hydrogens is 168 g/mol. The van der Waals surface area contributed by atoms with Gasteiger partial charge in [-0.15, -0.1) is 0 Å². The predicted molar refractivity (Wildman–Crippen MR) is 36.3 cm³/mol. The SMILES string of the molecule is C[C@@H](O)[C@@H](O)[C@H](O)C(=O)C(=O)O. The van der Waals surface area contributed by atoms with Crippen LogP contribution in [0.1, 0.15) is 6.92 Å². The number of ketones is 1.